The Balaban J connectivity index is 2.10. The summed E-state index contributed by atoms with van der Waals surface area (Å²) in [5.74, 6) is 0.716. The Morgan fingerprint density at radius 1 is 1.36 bits per heavy atom. The van der Waals surface area contributed by atoms with Gasteiger partial charge < -0.3 is 0 Å². The Kier molecular flexibility index (Phi) is 3.07. The van der Waals surface area contributed by atoms with Gasteiger partial charge in [-0.25, -0.2) is 0 Å². The lowest BCUT2D eigenvalue weighted by Gasteiger charge is -2.12. The fraction of sp³-hybridized carbons (Fsp3) is 0.385. The molecule has 0 N–H and O–H groups in total. The van der Waals surface area contributed by atoms with Crippen LogP contribution in [0.4, 0.5) is 0 Å². The molecule has 0 radical (unpaired) electrons. The van der Waals surface area contributed by atoms with Crippen LogP contribution in [-0.2, 0) is 6.42 Å². The van der Waals surface area contributed by atoms with Gasteiger partial charge in [0.25, 0.3) is 0 Å². The number of allylic oxidation sites excluding steroid dienone is 1. The molecule has 0 amide bonds. The molecule has 1 aromatic rings. The fourth-order valence-corrected chi connectivity index (χ4v) is 2.61. The van der Waals surface area contributed by atoms with Crippen LogP contribution in [0, 0.1) is 5.92 Å². The monoisotopic (exact) mass is 250 g/mol. The van der Waals surface area contributed by atoms with E-state index in [0.717, 1.165) is 6.42 Å². The summed E-state index contributed by atoms with van der Waals surface area (Å²) in [6, 6.07) is 8.50. The zero-order chi connectivity index (χ0) is 9.97. The lowest BCUT2D eigenvalue weighted by Crippen LogP contribution is -2.01. The lowest BCUT2D eigenvalue weighted by atomic mass is 9.95. The van der Waals surface area contributed by atoms with Gasteiger partial charge in [0.2, 0.25) is 0 Å². The predicted octanol–water partition coefficient (Wildman–Crippen LogP) is 4.35. The van der Waals surface area contributed by atoms with Crippen LogP contribution >= 0.6 is 15.9 Å². The number of hydrogen-bond acceptors (Lipinski definition) is 0. The summed E-state index contributed by atoms with van der Waals surface area (Å²) in [4.78, 5) is 0. The number of halogens is 1. The number of benzene rings is 1. The zero-order valence-electron chi connectivity index (χ0n) is 8.30. The second-order valence-corrected chi connectivity index (χ2v) is 4.90. The molecule has 0 aromatic heterocycles. The van der Waals surface area contributed by atoms with Crippen LogP contribution in [0.5, 0.6) is 0 Å². The van der Waals surface area contributed by atoms with E-state index in [4.69, 9.17) is 0 Å². The molecule has 1 fully saturated rings. The van der Waals surface area contributed by atoms with Crippen LogP contribution in [0.2, 0.25) is 0 Å². The van der Waals surface area contributed by atoms with E-state index in [-0.39, 0.29) is 0 Å². The quantitative estimate of drug-likeness (QED) is 0.685. The van der Waals surface area contributed by atoms with Gasteiger partial charge >= 0.3 is 0 Å². The molecular formula is C13H15Br. The Labute approximate surface area is 94.2 Å². The lowest BCUT2D eigenvalue weighted by molar-refractivity contribution is 0.624. The Hall–Kier alpha value is -0.560. The molecule has 74 valence electrons. The normalized spacial score (nSPS) is 21.5. The molecule has 0 heterocycles. The third-order valence-electron chi connectivity index (χ3n) is 3.05. The molecule has 1 aliphatic rings. The third kappa shape index (κ3) is 2.09. The van der Waals surface area contributed by atoms with Crippen molar-refractivity contribution in [3.05, 3.63) is 46.5 Å². The molecule has 1 unspecified atom stereocenters. The van der Waals surface area contributed by atoms with Gasteiger partial charge in [0.05, 0.1) is 0 Å². The second kappa shape index (κ2) is 4.31. The molecule has 0 saturated heterocycles. The standard InChI is InChI=1S/C13H15Br/c1-10-5-4-7-11(10)9-12-6-2-3-8-13(12)14/h2-3,6,8,11H,1,4-5,7,9H2. The molecule has 0 spiro atoms. The van der Waals surface area contributed by atoms with Gasteiger partial charge in [-0.1, -0.05) is 46.3 Å². The smallest absolute Gasteiger partial charge is 0.0207 e. The molecule has 1 heteroatoms. The first-order valence-corrected chi connectivity index (χ1v) is 5.98. The van der Waals surface area contributed by atoms with Gasteiger partial charge in [0, 0.05) is 4.47 Å². The summed E-state index contributed by atoms with van der Waals surface area (Å²) < 4.78 is 1.24. The van der Waals surface area contributed by atoms with Gasteiger partial charge in [-0.2, -0.15) is 0 Å². The summed E-state index contributed by atoms with van der Waals surface area (Å²) in [5.41, 5.74) is 2.86. The first kappa shape index (κ1) is 9.97. The van der Waals surface area contributed by atoms with Crippen LogP contribution in [0.15, 0.2) is 40.9 Å². The maximum absolute atomic E-state index is 4.15. The topological polar surface area (TPSA) is 0 Å². The largest absolute Gasteiger partial charge is 0.0996 e. The second-order valence-electron chi connectivity index (χ2n) is 4.04. The van der Waals surface area contributed by atoms with Gasteiger partial charge in [-0.05, 0) is 43.2 Å². The number of hydrogen-bond donors (Lipinski definition) is 0. The van der Waals surface area contributed by atoms with E-state index in [0.29, 0.717) is 5.92 Å². The van der Waals surface area contributed by atoms with Crippen molar-refractivity contribution in [1.29, 1.82) is 0 Å². The van der Waals surface area contributed by atoms with E-state index in [9.17, 15) is 0 Å². The summed E-state index contributed by atoms with van der Waals surface area (Å²) in [6.07, 6.45) is 5.03. The summed E-state index contributed by atoms with van der Waals surface area (Å²) in [6.45, 7) is 4.15. The Morgan fingerprint density at radius 2 is 2.14 bits per heavy atom. The Bertz CT molecular complexity index is 341. The highest BCUT2D eigenvalue weighted by Crippen LogP contribution is 2.33. The maximum Gasteiger partial charge on any atom is 0.0207 e. The third-order valence-corrected chi connectivity index (χ3v) is 3.83. The minimum absolute atomic E-state index is 0.716. The average Bonchev–Trinajstić information content (AvgIpc) is 2.56. The molecule has 14 heavy (non-hydrogen) atoms. The van der Waals surface area contributed by atoms with Crippen LogP contribution in [0.3, 0.4) is 0 Å². The van der Waals surface area contributed by atoms with Crippen LogP contribution < -0.4 is 0 Å². The predicted molar refractivity (Wildman–Crippen MR) is 64.3 cm³/mol. The first-order valence-electron chi connectivity index (χ1n) is 5.18. The van der Waals surface area contributed by atoms with Crippen molar-refractivity contribution >= 4 is 15.9 Å². The van der Waals surface area contributed by atoms with Crippen molar-refractivity contribution in [3.63, 3.8) is 0 Å². The molecular weight excluding hydrogens is 236 g/mol. The van der Waals surface area contributed by atoms with E-state index in [1.807, 2.05) is 0 Å². The Morgan fingerprint density at radius 3 is 2.79 bits per heavy atom. The highest BCUT2D eigenvalue weighted by molar-refractivity contribution is 9.10. The molecule has 1 aliphatic carbocycles. The van der Waals surface area contributed by atoms with Crippen molar-refractivity contribution < 1.29 is 0 Å². The van der Waals surface area contributed by atoms with E-state index in [2.05, 4.69) is 46.8 Å². The molecule has 0 bridgehead atoms. The van der Waals surface area contributed by atoms with E-state index in [1.54, 1.807) is 0 Å². The first-order chi connectivity index (χ1) is 6.77. The van der Waals surface area contributed by atoms with Gasteiger partial charge in [-0.15, -0.1) is 0 Å². The average molecular weight is 251 g/mol. The molecule has 1 saturated carbocycles. The zero-order valence-corrected chi connectivity index (χ0v) is 9.89. The van der Waals surface area contributed by atoms with E-state index < -0.39 is 0 Å². The highest BCUT2D eigenvalue weighted by atomic mass is 79.9. The van der Waals surface area contributed by atoms with Crippen molar-refractivity contribution in [2.75, 3.05) is 0 Å². The molecule has 2 rings (SSSR count). The molecule has 0 aliphatic heterocycles. The number of rotatable bonds is 2. The summed E-state index contributed by atoms with van der Waals surface area (Å²) in [5, 5.41) is 0. The van der Waals surface area contributed by atoms with Crippen LogP contribution in [-0.4, -0.2) is 0 Å². The van der Waals surface area contributed by atoms with Crippen LogP contribution in [0.1, 0.15) is 24.8 Å². The van der Waals surface area contributed by atoms with Crippen molar-refractivity contribution in [3.8, 4) is 0 Å². The van der Waals surface area contributed by atoms with Gasteiger partial charge in [-0.3, -0.25) is 0 Å². The van der Waals surface area contributed by atoms with E-state index >= 15 is 0 Å². The molecule has 0 nitrogen and oxygen atoms in total. The SMILES string of the molecule is C=C1CCCC1Cc1ccccc1Br. The van der Waals surface area contributed by atoms with Gasteiger partial charge in [0.1, 0.15) is 0 Å². The maximum atomic E-state index is 4.15. The van der Waals surface area contributed by atoms with Crippen LogP contribution in [0.25, 0.3) is 0 Å². The minimum Gasteiger partial charge on any atom is -0.0996 e. The molecule has 1 aromatic carbocycles. The van der Waals surface area contributed by atoms with Crippen molar-refractivity contribution in [2.24, 2.45) is 5.92 Å². The van der Waals surface area contributed by atoms with E-state index in [1.165, 1.54) is 34.9 Å². The minimum atomic E-state index is 0.716. The fourth-order valence-electron chi connectivity index (χ4n) is 2.16. The summed E-state index contributed by atoms with van der Waals surface area (Å²) in [7, 11) is 0. The summed E-state index contributed by atoms with van der Waals surface area (Å²) >= 11 is 3.59. The molecule has 1 atom stereocenters. The van der Waals surface area contributed by atoms with Crippen molar-refractivity contribution in [2.45, 2.75) is 25.7 Å². The highest BCUT2D eigenvalue weighted by Gasteiger charge is 2.19. The van der Waals surface area contributed by atoms with Crippen molar-refractivity contribution in [1.82, 2.24) is 0 Å². The van der Waals surface area contributed by atoms with Gasteiger partial charge in [0.15, 0.2) is 0 Å².